The van der Waals surface area contributed by atoms with Crippen LogP contribution in [0.1, 0.15) is 0 Å². The van der Waals surface area contributed by atoms with Gasteiger partial charge in [0.25, 0.3) is 0 Å². The molecule has 8 heteroatoms. The van der Waals surface area contributed by atoms with Gasteiger partial charge in [0.2, 0.25) is 0 Å². The minimum Gasteiger partial charge on any atom is -0.344 e. The lowest BCUT2D eigenvalue weighted by molar-refractivity contribution is 2.13. The fourth-order valence-electron chi connectivity index (χ4n) is 0. The van der Waals surface area contributed by atoms with Gasteiger partial charge in [0.05, 0.1) is 0 Å². The molecule has 0 aromatic carbocycles. The lowest BCUT2D eigenvalue weighted by atomic mass is 14.0. The van der Waals surface area contributed by atoms with Crippen LogP contribution in [0.15, 0.2) is 0 Å². The van der Waals surface area contributed by atoms with Crippen LogP contribution in [0.5, 0.6) is 0 Å². The Kier molecular flexibility index (Phi) is 9190000. The van der Waals surface area contributed by atoms with E-state index >= 15 is 0 Å². The van der Waals surface area contributed by atoms with Gasteiger partial charge in [-0.2, -0.15) is 0 Å². The first-order valence-corrected chi connectivity index (χ1v) is 0. The van der Waals surface area contributed by atoms with Gasteiger partial charge in [-0.25, -0.2) is 0 Å². The third kappa shape index (κ3) is 4190. The minimum atomic E-state index is 0. The van der Waals surface area contributed by atoms with E-state index in [2.05, 4.69) is 0 Å². The van der Waals surface area contributed by atoms with E-state index in [9.17, 15) is 0 Å². The topological polar surface area (TPSA) is 245 Å². The first kappa shape index (κ1) is 10600. The maximum Gasteiger partial charge on any atom is -0.114 e. The van der Waals surface area contributed by atoms with E-state index in [4.69, 9.17) is 0 Å². The highest BCUT2D eigenvalue weighted by Crippen LogP contribution is 0.846. The highest BCUT2D eigenvalue weighted by molar-refractivity contribution is 8.93. The summed E-state index contributed by atoms with van der Waals surface area (Å²) in [5.41, 5.74) is 0. The number of rotatable bonds is 0. The van der Waals surface area contributed by atoms with Crippen molar-refractivity contribution in [2.45, 2.75) is 0 Å². The van der Waals surface area contributed by atoms with Crippen LogP contribution in [0.3, 0.4) is 0 Å². The van der Waals surface area contributed by atoms with E-state index in [1.165, 1.54) is 0 Å². The standard InChI is InChI=1S/BrH.7H3N/h1H;7*1H3. The molecule has 8 heavy (non-hydrogen) atoms. The Morgan fingerprint density at radius 1 is 0.250 bits per heavy atom. The molecule has 0 aliphatic rings. The molecule has 0 radical (unpaired) electrons. The molecule has 0 atom stereocenters. The van der Waals surface area contributed by atoms with Crippen LogP contribution in [0.4, 0.5) is 0 Å². The smallest absolute Gasteiger partial charge is 0.114 e. The van der Waals surface area contributed by atoms with Crippen LogP contribution >= 0.6 is 17.0 Å². The largest absolute Gasteiger partial charge is 0.344 e. The van der Waals surface area contributed by atoms with E-state index < -0.39 is 0 Å². The molecule has 0 rings (SSSR count). The fourth-order valence-corrected chi connectivity index (χ4v) is 0. The fraction of sp³-hybridized carbons (Fsp3) is 0. The average Bonchev–Trinajstić information content (AvgIpc) is 0. The quantitative estimate of drug-likeness (QED) is 0.304. The third-order valence-corrected chi connectivity index (χ3v) is 0. The predicted octanol–water partition coefficient (Wildman–Crippen LogP) is 1.71. The van der Waals surface area contributed by atoms with Crippen molar-refractivity contribution >= 4 is 17.0 Å². The SMILES string of the molecule is Br.N.N.N.N.N.N.N. The molecular formula is H22BrN7. The van der Waals surface area contributed by atoms with Crippen LogP contribution in [0.2, 0.25) is 0 Å². The van der Waals surface area contributed by atoms with Crippen LogP contribution < -0.4 is 43.1 Å². The molecule has 0 amide bonds. The van der Waals surface area contributed by atoms with Gasteiger partial charge in [-0.1, -0.05) is 0 Å². The molecular weight excluding hydrogens is 178 g/mol. The van der Waals surface area contributed by atoms with Crippen molar-refractivity contribution in [1.82, 2.24) is 43.1 Å². The predicted molar refractivity (Wildman–Crippen MR) is 45.5 cm³/mol. The molecule has 0 aliphatic heterocycles. The molecule has 7 nitrogen and oxygen atoms in total. The van der Waals surface area contributed by atoms with E-state index in [0.717, 1.165) is 0 Å². The Labute approximate surface area is 60.8 Å². The summed E-state index contributed by atoms with van der Waals surface area (Å²) in [5.74, 6) is 0. The molecule has 0 spiro atoms. The Bertz CT molecular complexity index is 4.35. The van der Waals surface area contributed by atoms with E-state index in [1.807, 2.05) is 0 Å². The highest BCUT2D eigenvalue weighted by atomic mass is 79.9. The summed E-state index contributed by atoms with van der Waals surface area (Å²) in [6, 6.07) is 0. The number of halogens is 1. The van der Waals surface area contributed by atoms with Gasteiger partial charge >= 0.3 is 0 Å². The average molecular weight is 200 g/mol. The molecule has 0 saturated carbocycles. The molecule has 0 fully saturated rings. The Balaban J connectivity index is 0. The summed E-state index contributed by atoms with van der Waals surface area (Å²) in [5, 5.41) is 0. The molecule has 0 aliphatic carbocycles. The van der Waals surface area contributed by atoms with Gasteiger partial charge in [0.1, 0.15) is 0 Å². The van der Waals surface area contributed by atoms with Crippen molar-refractivity contribution in [1.29, 1.82) is 0 Å². The molecule has 0 saturated heterocycles. The molecule has 21 N–H and O–H groups in total. The second-order valence-electron chi connectivity index (χ2n) is 0. The maximum atomic E-state index is 0. The van der Waals surface area contributed by atoms with Crippen molar-refractivity contribution in [3.8, 4) is 0 Å². The minimum absolute atomic E-state index is 0. The van der Waals surface area contributed by atoms with Gasteiger partial charge in [0.15, 0.2) is 0 Å². The van der Waals surface area contributed by atoms with Crippen LogP contribution in [-0.2, 0) is 0 Å². The molecule has 64 valence electrons. The Morgan fingerprint density at radius 3 is 0.250 bits per heavy atom. The summed E-state index contributed by atoms with van der Waals surface area (Å²) in [7, 11) is 0. The van der Waals surface area contributed by atoms with Crippen molar-refractivity contribution in [2.24, 2.45) is 0 Å². The lowest BCUT2D eigenvalue weighted by Crippen LogP contribution is -0.482. The summed E-state index contributed by atoms with van der Waals surface area (Å²) in [6.45, 7) is 0. The summed E-state index contributed by atoms with van der Waals surface area (Å²) in [4.78, 5) is 0. The summed E-state index contributed by atoms with van der Waals surface area (Å²) < 4.78 is 0. The Hall–Kier alpha value is 0.200. The third-order valence-electron chi connectivity index (χ3n) is 0. The number of hydrogen-bond acceptors (Lipinski definition) is 7. The van der Waals surface area contributed by atoms with Crippen LogP contribution in [-0.4, -0.2) is 0 Å². The normalized spacial score (nSPS) is 0. The first-order valence-electron chi connectivity index (χ1n) is 0. The summed E-state index contributed by atoms with van der Waals surface area (Å²) >= 11 is 0. The lowest BCUT2D eigenvalue weighted by Gasteiger charge is -0.345. The zero-order chi connectivity index (χ0) is 0. The molecule has 0 unspecified atom stereocenters. The van der Waals surface area contributed by atoms with Gasteiger partial charge < -0.3 is 43.1 Å². The number of hydrogen-bond donors (Lipinski definition) is 7. The van der Waals surface area contributed by atoms with Crippen molar-refractivity contribution in [2.75, 3.05) is 0 Å². The maximum absolute atomic E-state index is 0. The summed E-state index contributed by atoms with van der Waals surface area (Å²) in [6.07, 6.45) is 0. The monoisotopic (exact) mass is 199 g/mol. The van der Waals surface area contributed by atoms with Crippen molar-refractivity contribution in [3.63, 3.8) is 0 Å². The van der Waals surface area contributed by atoms with Crippen LogP contribution in [0.25, 0.3) is 0 Å². The van der Waals surface area contributed by atoms with Crippen molar-refractivity contribution in [3.05, 3.63) is 0 Å². The zero-order valence-electron chi connectivity index (χ0n) is 5.36. The second-order valence-corrected chi connectivity index (χ2v) is 0. The molecule has 0 heterocycles. The van der Waals surface area contributed by atoms with Gasteiger partial charge in [-0.15, -0.1) is 17.0 Å². The second kappa shape index (κ2) is 6920. The van der Waals surface area contributed by atoms with E-state index in [0.29, 0.717) is 0 Å². The van der Waals surface area contributed by atoms with Gasteiger partial charge in [-0.05, 0) is 0 Å². The van der Waals surface area contributed by atoms with E-state index in [1.54, 1.807) is 0 Å². The van der Waals surface area contributed by atoms with Gasteiger partial charge in [-0.3, -0.25) is 0 Å². The zero-order valence-corrected chi connectivity index (χ0v) is 7.07. The Morgan fingerprint density at radius 2 is 0.250 bits per heavy atom. The molecule has 0 aromatic rings. The van der Waals surface area contributed by atoms with E-state index in [-0.39, 0.29) is 60.0 Å². The van der Waals surface area contributed by atoms with Crippen molar-refractivity contribution < 1.29 is 0 Å². The highest BCUT2D eigenvalue weighted by Gasteiger charge is -0.114. The molecule has 0 aromatic heterocycles. The molecule has 0 bridgehead atoms. The van der Waals surface area contributed by atoms with Crippen LogP contribution in [0, 0.1) is 0 Å². The first-order chi connectivity index (χ1) is 0. The van der Waals surface area contributed by atoms with Gasteiger partial charge in [0, 0.05) is 0 Å².